The zero-order valence-corrected chi connectivity index (χ0v) is 21.5. The molecule has 0 saturated heterocycles. The third kappa shape index (κ3) is 5.05. The van der Waals surface area contributed by atoms with Gasteiger partial charge in [0.05, 0.1) is 5.52 Å². The lowest BCUT2D eigenvalue weighted by molar-refractivity contribution is -0.133. The number of hydrogen-bond acceptors (Lipinski definition) is 3. The van der Waals surface area contributed by atoms with Gasteiger partial charge in [-0.05, 0) is 73.5 Å². The average molecular weight is 584 g/mol. The summed E-state index contributed by atoms with van der Waals surface area (Å²) in [5.41, 5.74) is 6.31. The zero-order chi connectivity index (χ0) is 24.4. The van der Waals surface area contributed by atoms with Crippen molar-refractivity contribution in [1.82, 2.24) is 4.68 Å². The first-order chi connectivity index (χ1) is 16.2. The van der Waals surface area contributed by atoms with Crippen molar-refractivity contribution < 1.29 is 14.4 Å². The lowest BCUT2D eigenvalue weighted by atomic mass is 10.1. The molecular formula is C25H20Br2N4O3. The third-order valence-corrected chi connectivity index (χ3v) is 6.26. The van der Waals surface area contributed by atoms with Crippen molar-refractivity contribution in [3.05, 3.63) is 92.5 Å². The van der Waals surface area contributed by atoms with E-state index < -0.39 is 17.7 Å². The number of fused-ring (bicyclic) bond motifs is 1. The smallest absolute Gasteiger partial charge is 0.320 e. The van der Waals surface area contributed by atoms with Gasteiger partial charge in [-0.1, -0.05) is 50.1 Å². The largest absolute Gasteiger partial charge is 0.328 e. The van der Waals surface area contributed by atoms with Crippen molar-refractivity contribution in [3.63, 3.8) is 0 Å². The lowest BCUT2D eigenvalue weighted by Gasteiger charge is -2.14. The molecule has 172 valence electrons. The van der Waals surface area contributed by atoms with Crippen molar-refractivity contribution >= 4 is 71.9 Å². The fourth-order valence-electron chi connectivity index (χ4n) is 3.54. The molecular weight excluding hydrogens is 564 g/mol. The molecule has 0 aliphatic rings. The topological polar surface area (TPSA) is 92.2 Å². The molecule has 0 radical (unpaired) electrons. The predicted molar refractivity (Wildman–Crippen MR) is 141 cm³/mol. The molecule has 0 bridgehead atoms. The number of nitrogens with zero attached hydrogens (tertiary/aromatic N) is 1. The average Bonchev–Trinajstić information content (AvgIpc) is 3.15. The van der Waals surface area contributed by atoms with Gasteiger partial charge in [0.2, 0.25) is 0 Å². The van der Waals surface area contributed by atoms with Crippen molar-refractivity contribution in [3.8, 4) is 0 Å². The van der Waals surface area contributed by atoms with Crippen LogP contribution in [0.2, 0.25) is 0 Å². The van der Waals surface area contributed by atoms with Gasteiger partial charge in [-0.3, -0.25) is 19.8 Å². The van der Waals surface area contributed by atoms with Crippen LogP contribution in [0.15, 0.2) is 75.7 Å². The summed E-state index contributed by atoms with van der Waals surface area (Å²) in [5, 5.41) is 6.20. The summed E-state index contributed by atoms with van der Waals surface area (Å²) < 4.78 is 2.99. The maximum Gasteiger partial charge on any atom is 0.328 e. The van der Waals surface area contributed by atoms with Gasteiger partial charge in [-0.25, -0.2) is 4.68 Å². The van der Waals surface area contributed by atoms with E-state index in [1.54, 1.807) is 42.5 Å². The molecule has 0 saturated carbocycles. The molecule has 0 fully saturated rings. The van der Waals surface area contributed by atoms with Gasteiger partial charge in [-0.15, -0.1) is 0 Å². The first-order valence-electron chi connectivity index (χ1n) is 10.3. The number of amides is 3. The molecule has 3 N–H and O–H groups in total. The molecule has 9 heteroatoms. The molecule has 4 aromatic rings. The molecule has 3 amide bonds. The Kier molecular flexibility index (Phi) is 6.85. The number of aromatic nitrogens is 1. The number of nitrogens with one attached hydrogen (secondary N) is 3. The fourth-order valence-corrected chi connectivity index (χ4v) is 4.18. The molecule has 1 heterocycles. The van der Waals surface area contributed by atoms with Crippen LogP contribution in [0, 0.1) is 13.8 Å². The molecule has 3 aromatic carbocycles. The molecule has 0 aliphatic carbocycles. The summed E-state index contributed by atoms with van der Waals surface area (Å²) >= 11 is 6.75. The summed E-state index contributed by atoms with van der Waals surface area (Å²) in [4.78, 5) is 38.5. The second-order valence-corrected chi connectivity index (χ2v) is 9.52. The number of benzene rings is 3. The van der Waals surface area contributed by atoms with Crippen molar-refractivity contribution in [2.75, 3.05) is 16.1 Å². The summed E-state index contributed by atoms with van der Waals surface area (Å²) in [5.74, 6) is -2.19. The Morgan fingerprint density at radius 3 is 2.09 bits per heavy atom. The molecule has 0 unspecified atom stereocenters. The van der Waals surface area contributed by atoms with E-state index >= 15 is 0 Å². The van der Waals surface area contributed by atoms with E-state index in [-0.39, 0.29) is 5.69 Å². The van der Waals surface area contributed by atoms with Crippen LogP contribution in [0.5, 0.6) is 0 Å². The van der Waals surface area contributed by atoms with Crippen molar-refractivity contribution in [2.24, 2.45) is 0 Å². The summed E-state index contributed by atoms with van der Waals surface area (Å²) in [6.07, 6.45) is 0. The summed E-state index contributed by atoms with van der Waals surface area (Å²) in [6.45, 7) is 3.81. The van der Waals surface area contributed by atoms with Gasteiger partial charge in [-0.2, -0.15) is 0 Å². The summed E-state index contributed by atoms with van der Waals surface area (Å²) in [7, 11) is 0. The highest BCUT2D eigenvalue weighted by Gasteiger charge is 2.22. The van der Waals surface area contributed by atoms with Crippen LogP contribution in [-0.4, -0.2) is 22.4 Å². The maximum absolute atomic E-state index is 13.3. The maximum atomic E-state index is 13.3. The second-order valence-electron chi connectivity index (χ2n) is 7.69. The van der Waals surface area contributed by atoms with Gasteiger partial charge < -0.3 is 10.6 Å². The molecule has 34 heavy (non-hydrogen) atoms. The normalized spacial score (nSPS) is 10.7. The lowest BCUT2D eigenvalue weighted by Crippen LogP contribution is -2.36. The van der Waals surface area contributed by atoms with Crippen molar-refractivity contribution in [1.29, 1.82) is 0 Å². The Labute approximate surface area is 212 Å². The van der Waals surface area contributed by atoms with Gasteiger partial charge in [0.15, 0.2) is 0 Å². The van der Waals surface area contributed by atoms with E-state index in [9.17, 15) is 14.4 Å². The van der Waals surface area contributed by atoms with Crippen LogP contribution < -0.4 is 16.1 Å². The molecule has 0 aliphatic heterocycles. The van der Waals surface area contributed by atoms with E-state index in [0.717, 1.165) is 25.5 Å². The minimum Gasteiger partial charge on any atom is -0.320 e. The number of halogens is 2. The van der Waals surface area contributed by atoms with E-state index in [2.05, 4.69) is 47.9 Å². The first-order valence-corrected chi connectivity index (χ1v) is 11.9. The zero-order valence-electron chi connectivity index (χ0n) is 18.3. The Morgan fingerprint density at radius 1 is 0.765 bits per heavy atom. The highest BCUT2D eigenvalue weighted by atomic mass is 79.9. The standard InChI is InChI=1S/C25H20Br2N4O3/c1-14-4-3-5-15(2)22(14)29-23(32)21-13-16-12-18(27)8-11-20(16)31(21)30-25(34)24(33)28-19-9-6-17(26)7-10-19/h3-13H,1-2H3,(H,28,33)(H,29,32)(H,30,34). The SMILES string of the molecule is Cc1cccc(C)c1NC(=O)c1cc2cc(Br)ccc2n1NC(=O)C(=O)Nc1ccc(Br)cc1. The number of carbonyl (C=O) groups excluding carboxylic acids is 3. The van der Waals surface area contributed by atoms with Gasteiger partial charge >= 0.3 is 11.8 Å². The molecule has 4 rings (SSSR count). The number of carbonyl (C=O) groups is 3. The minimum atomic E-state index is -0.913. The van der Waals surface area contributed by atoms with E-state index in [1.807, 2.05) is 38.1 Å². The Morgan fingerprint density at radius 2 is 1.41 bits per heavy atom. The van der Waals surface area contributed by atoms with Crippen LogP contribution >= 0.6 is 31.9 Å². The Hall–Kier alpha value is -3.43. The number of para-hydroxylation sites is 1. The molecule has 7 nitrogen and oxygen atoms in total. The number of rotatable bonds is 4. The molecule has 1 aromatic heterocycles. The van der Waals surface area contributed by atoms with Gasteiger partial charge in [0.25, 0.3) is 5.91 Å². The Bertz CT molecular complexity index is 1410. The van der Waals surface area contributed by atoms with Gasteiger partial charge in [0, 0.05) is 25.7 Å². The van der Waals surface area contributed by atoms with E-state index in [0.29, 0.717) is 16.9 Å². The van der Waals surface area contributed by atoms with Crippen LogP contribution in [0.25, 0.3) is 10.9 Å². The van der Waals surface area contributed by atoms with Crippen LogP contribution in [0.1, 0.15) is 21.6 Å². The predicted octanol–water partition coefficient (Wildman–Crippen LogP) is 5.74. The molecule has 0 spiro atoms. The highest BCUT2D eigenvalue weighted by Crippen LogP contribution is 2.25. The Balaban J connectivity index is 1.65. The van der Waals surface area contributed by atoms with E-state index in [4.69, 9.17) is 0 Å². The first kappa shape index (κ1) is 23.7. The number of aryl methyl sites for hydroxylation is 2. The quantitative estimate of drug-likeness (QED) is 0.267. The number of hydrogen-bond donors (Lipinski definition) is 3. The van der Waals surface area contributed by atoms with E-state index in [1.165, 1.54) is 4.68 Å². The summed E-state index contributed by atoms with van der Waals surface area (Å²) in [6, 6.07) is 19.6. The van der Waals surface area contributed by atoms with Crippen LogP contribution in [0.3, 0.4) is 0 Å². The second kappa shape index (κ2) is 9.82. The third-order valence-electron chi connectivity index (χ3n) is 5.24. The minimum absolute atomic E-state index is 0.181. The fraction of sp³-hybridized carbons (Fsp3) is 0.0800. The van der Waals surface area contributed by atoms with Crippen LogP contribution in [-0.2, 0) is 9.59 Å². The number of anilines is 2. The monoisotopic (exact) mass is 582 g/mol. The van der Waals surface area contributed by atoms with Crippen LogP contribution in [0.4, 0.5) is 11.4 Å². The molecule has 0 atom stereocenters. The van der Waals surface area contributed by atoms with Gasteiger partial charge in [0.1, 0.15) is 5.69 Å². The van der Waals surface area contributed by atoms with Crippen molar-refractivity contribution in [2.45, 2.75) is 13.8 Å². The highest BCUT2D eigenvalue weighted by molar-refractivity contribution is 9.10.